The van der Waals surface area contributed by atoms with Crippen molar-refractivity contribution in [2.45, 2.75) is 156 Å². The number of hydrogen-bond donors (Lipinski definition) is 0. The molecule has 7 heteroatoms. The van der Waals surface area contributed by atoms with Crippen molar-refractivity contribution in [2.75, 3.05) is 0 Å². The summed E-state index contributed by atoms with van der Waals surface area (Å²) in [5.74, 6) is -5.17. The summed E-state index contributed by atoms with van der Waals surface area (Å²) in [6.07, 6.45) is 22.0. The minimum atomic E-state index is -1.53. The van der Waals surface area contributed by atoms with Crippen LogP contribution < -0.4 is 10.2 Å². The van der Waals surface area contributed by atoms with E-state index in [1.165, 1.54) is 77.0 Å². The molecule has 0 aliphatic rings. The van der Waals surface area contributed by atoms with E-state index >= 15 is 0 Å². The third-order valence-corrected chi connectivity index (χ3v) is 6.94. The van der Waals surface area contributed by atoms with Gasteiger partial charge < -0.3 is 19.8 Å². The maximum Gasteiger partial charge on any atom is 2.00 e. The zero-order valence-electron chi connectivity index (χ0n) is 24.1. The Labute approximate surface area is 241 Å². The van der Waals surface area contributed by atoms with Gasteiger partial charge >= 0.3 is 21.1 Å². The third-order valence-electron chi connectivity index (χ3n) is 6.94. The summed E-state index contributed by atoms with van der Waals surface area (Å²) in [5, 5.41) is 20.9. The summed E-state index contributed by atoms with van der Waals surface area (Å²) in [6.45, 7) is 8.13. The Morgan fingerprint density at radius 1 is 0.459 bits per heavy atom. The Balaban J connectivity index is -0.000000608. The maximum absolute atomic E-state index is 11.3. The standard InChI is InChI=1S/2C15H28O3.Pt/c2*1-3-5-6-7-8-9-10-11-12-13(4-2)14(16)15(17)18;/h2*13H,3-12H2,1-2H3,(H,17,18);/q;;+2/p-2. The zero-order valence-corrected chi connectivity index (χ0v) is 26.3. The Morgan fingerprint density at radius 3 is 0.919 bits per heavy atom. The van der Waals surface area contributed by atoms with Crippen LogP contribution in [0.15, 0.2) is 0 Å². The van der Waals surface area contributed by atoms with Crippen LogP contribution in [0.2, 0.25) is 0 Å². The fourth-order valence-corrected chi connectivity index (χ4v) is 4.42. The Kier molecular flexibility index (Phi) is 32.3. The summed E-state index contributed by atoms with van der Waals surface area (Å²) in [6, 6.07) is 0. The van der Waals surface area contributed by atoms with E-state index in [1.54, 1.807) is 0 Å². The number of ketones is 2. The van der Waals surface area contributed by atoms with Gasteiger partial charge in [0.15, 0.2) is 11.6 Å². The summed E-state index contributed by atoms with van der Waals surface area (Å²) in [7, 11) is 0. The van der Waals surface area contributed by atoms with Gasteiger partial charge in [-0.3, -0.25) is 9.59 Å². The van der Waals surface area contributed by atoms with Gasteiger partial charge in [-0.15, -0.1) is 0 Å². The van der Waals surface area contributed by atoms with Crippen LogP contribution in [0.1, 0.15) is 156 Å². The zero-order chi connectivity index (χ0) is 27.6. The largest absolute Gasteiger partial charge is 2.00 e. The molecule has 0 rings (SSSR count). The third kappa shape index (κ3) is 25.0. The number of aliphatic carboxylic acids is 2. The Bertz CT molecular complexity index is 528. The molecule has 0 aliphatic carbocycles. The molecule has 2 atom stereocenters. The number of hydrogen-bond acceptors (Lipinski definition) is 6. The van der Waals surface area contributed by atoms with E-state index in [1.807, 2.05) is 13.8 Å². The first-order chi connectivity index (χ1) is 17.3. The molecule has 0 fully saturated rings. The van der Waals surface area contributed by atoms with Crippen molar-refractivity contribution in [3.63, 3.8) is 0 Å². The number of unbranched alkanes of at least 4 members (excludes halogenated alkanes) is 14. The van der Waals surface area contributed by atoms with Crippen LogP contribution in [0.5, 0.6) is 0 Å². The van der Waals surface area contributed by atoms with Gasteiger partial charge in [-0.2, -0.15) is 0 Å². The number of Topliss-reactive ketones (excluding diaryl/α,β-unsaturated/α-hetero) is 2. The smallest absolute Gasteiger partial charge is 0.542 e. The number of rotatable bonds is 24. The van der Waals surface area contributed by atoms with Crippen molar-refractivity contribution >= 4 is 23.5 Å². The van der Waals surface area contributed by atoms with E-state index < -0.39 is 23.5 Å². The minimum Gasteiger partial charge on any atom is -0.542 e. The molecular weight excluding hydrogens is 651 g/mol. The van der Waals surface area contributed by atoms with Crippen molar-refractivity contribution in [3.8, 4) is 0 Å². The van der Waals surface area contributed by atoms with Crippen LogP contribution in [-0.4, -0.2) is 23.5 Å². The monoisotopic (exact) mass is 705 g/mol. The minimum absolute atomic E-state index is 0. The van der Waals surface area contributed by atoms with Crippen molar-refractivity contribution in [1.82, 2.24) is 0 Å². The van der Waals surface area contributed by atoms with Gasteiger partial charge in [0.2, 0.25) is 0 Å². The topological polar surface area (TPSA) is 114 Å². The van der Waals surface area contributed by atoms with Crippen molar-refractivity contribution in [1.29, 1.82) is 0 Å². The van der Waals surface area contributed by atoms with Crippen LogP contribution >= 0.6 is 0 Å². The van der Waals surface area contributed by atoms with Gasteiger partial charge in [0.25, 0.3) is 0 Å². The van der Waals surface area contributed by atoms with Crippen LogP contribution in [-0.2, 0) is 40.2 Å². The van der Waals surface area contributed by atoms with E-state index in [2.05, 4.69) is 13.8 Å². The summed E-state index contributed by atoms with van der Waals surface area (Å²) >= 11 is 0. The van der Waals surface area contributed by atoms with Crippen LogP contribution in [0, 0.1) is 11.8 Å². The molecule has 6 nitrogen and oxygen atoms in total. The summed E-state index contributed by atoms with van der Waals surface area (Å²) < 4.78 is 0. The summed E-state index contributed by atoms with van der Waals surface area (Å²) in [5.41, 5.74) is 0. The first kappa shape index (κ1) is 40.5. The SMILES string of the molecule is CCCCCCCCCCC(CC)C(=O)C(=O)[O-].CCCCCCCCCCC(CC)C(=O)C(=O)[O-].[Pt+2]. The fourth-order valence-electron chi connectivity index (χ4n) is 4.42. The normalized spacial score (nSPS) is 12.0. The van der Waals surface area contributed by atoms with E-state index in [4.69, 9.17) is 0 Å². The van der Waals surface area contributed by atoms with E-state index in [9.17, 15) is 29.4 Å². The molecule has 0 bridgehead atoms. The molecule has 0 aromatic heterocycles. The predicted octanol–water partition coefficient (Wildman–Crippen LogP) is 5.72. The molecule has 0 heterocycles. The first-order valence-corrected chi connectivity index (χ1v) is 14.8. The number of carbonyl (C=O) groups excluding carboxylic acids is 4. The van der Waals surface area contributed by atoms with Crippen LogP contribution in [0.25, 0.3) is 0 Å². The van der Waals surface area contributed by atoms with Gasteiger partial charge in [-0.25, -0.2) is 0 Å². The van der Waals surface area contributed by atoms with Gasteiger partial charge in [0, 0.05) is 11.8 Å². The Morgan fingerprint density at radius 2 is 0.703 bits per heavy atom. The predicted molar refractivity (Wildman–Crippen MR) is 142 cm³/mol. The Hall–Kier alpha value is -1.03. The second kappa shape index (κ2) is 29.5. The van der Waals surface area contributed by atoms with Crippen molar-refractivity contribution < 1.29 is 50.5 Å². The van der Waals surface area contributed by atoms with Gasteiger partial charge in [-0.1, -0.05) is 130 Å². The first-order valence-electron chi connectivity index (χ1n) is 14.8. The maximum atomic E-state index is 11.3. The van der Waals surface area contributed by atoms with Crippen molar-refractivity contribution in [3.05, 3.63) is 0 Å². The molecule has 37 heavy (non-hydrogen) atoms. The van der Waals surface area contributed by atoms with Crippen LogP contribution in [0.4, 0.5) is 0 Å². The van der Waals surface area contributed by atoms with E-state index in [0.29, 0.717) is 25.7 Å². The average molecular weight is 706 g/mol. The quantitative estimate of drug-likeness (QED) is 0.0938. The molecular formula is C30H54O6Pt. The molecule has 0 saturated carbocycles. The van der Waals surface area contributed by atoms with Gasteiger partial charge in [0.05, 0.1) is 0 Å². The van der Waals surface area contributed by atoms with E-state index in [0.717, 1.165) is 25.7 Å². The number of carboxylic acids is 2. The average Bonchev–Trinajstić information content (AvgIpc) is 2.86. The van der Waals surface area contributed by atoms with Crippen LogP contribution in [0.3, 0.4) is 0 Å². The molecule has 0 radical (unpaired) electrons. The molecule has 2 unspecified atom stereocenters. The second-order valence-corrected chi connectivity index (χ2v) is 10.0. The van der Waals surface area contributed by atoms with Crippen molar-refractivity contribution in [2.24, 2.45) is 11.8 Å². The van der Waals surface area contributed by atoms with Gasteiger partial charge in [-0.05, 0) is 25.7 Å². The molecule has 220 valence electrons. The molecule has 0 aromatic rings. The molecule has 0 N–H and O–H groups in total. The molecule has 0 spiro atoms. The summed E-state index contributed by atoms with van der Waals surface area (Å²) in [4.78, 5) is 43.4. The molecule has 0 aliphatic heterocycles. The molecule has 0 aromatic carbocycles. The van der Waals surface area contributed by atoms with Gasteiger partial charge in [0.1, 0.15) is 11.9 Å². The number of carboxylic acid groups (broad SMARTS) is 2. The second-order valence-electron chi connectivity index (χ2n) is 10.0. The number of carbonyl (C=O) groups is 4. The molecule has 0 saturated heterocycles. The van der Waals surface area contributed by atoms with E-state index in [-0.39, 0.29) is 32.9 Å². The molecule has 0 amide bonds. The fraction of sp³-hybridized carbons (Fsp3) is 0.867.